The van der Waals surface area contributed by atoms with E-state index in [0.717, 1.165) is 34.0 Å². The fraction of sp³-hybridized carbons (Fsp3) is 0.400. The van der Waals surface area contributed by atoms with Gasteiger partial charge in [0.1, 0.15) is 11.5 Å². The van der Waals surface area contributed by atoms with Crippen LogP contribution in [0.3, 0.4) is 0 Å². The van der Waals surface area contributed by atoms with Crippen molar-refractivity contribution in [2.75, 3.05) is 13.2 Å². The molecule has 8 heteroatoms. The smallest absolute Gasteiger partial charge is 0.129 e. The predicted molar refractivity (Wildman–Crippen MR) is 74.9 cm³/mol. The molecule has 1 aliphatic heterocycles. The van der Waals surface area contributed by atoms with E-state index in [1.54, 1.807) is 0 Å². The second kappa shape index (κ2) is 8.28. The van der Waals surface area contributed by atoms with Crippen molar-refractivity contribution in [1.29, 1.82) is 0 Å². The SMILES string of the molecule is CCOc1cccc(OCC)c2c(C)nc(C)c1-2.[O-][Cl+3]([O-])([O-])O. The summed E-state index contributed by atoms with van der Waals surface area (Å²) in [7, 11) is -4.69. The minimum absolute atomic E-state index is 0.646. The molecule has 0 bridgehead atoms. The quantitative estimate of drug-likeness (QED) is 0.791. The summed E-state index contributed by atoms with van der Waals surface area (Å²) in [6, 6.07) is 5.92. The van der Waals surface area contributed by atoms with E-state index in [-0.39, 0.29) is 0 Å². The first-order valence-electron chi connectivity index (χ1n) is 6.97. The van der Waals surface area contributed by atoms with Gasteiger partial charge in [0, 0.05) is 11.4 Å². The van der Waals surface area contributed by atoms with Crippen molar-refractivity contribution in [2.24, 2.45) is 0 Å². The maximum Gasteiger partial charge on any atom is 0.129 e. The van der Waals surface area contributed by atoms with Crippen LogP contribution in [0.4, 0.5) is 0 Å². The highest BCUT2D eigenvalue weighted by Gasteiger charge is 2.21. The molecular formula is C15H20ClNO6. The van der Waals surface area contributed by atoms with Gasteiger partial charge in [-0.25, -0.2) is 0 Å². The standard InChI is InChI=1S/C15H19NO2.ClHO4/c1-5-17-12-8-7-9-13(18-6-2)15-11(4)16-10(3)14(12)15;2-1(3,4)5/h7-9H,5-6H2,1-4H3;(H,2,3,4,5). The van der Waals surface area contributed by atoms with Gasteiger partial charge < -0.3 is 9.47 Å². The van der Waals surface area contributed by atoms with E-state index >= 15 is 0 Å². The number of ether oxygens (including phenoxy) is 2. The minimum atomic E-state index is -4.69. The highest BCUT2D eigenvalue weighted by Crippen LogP contribution is 2.42. The topological polar surface area (TPSA) is 121 Å². The van der Waals surface area contributed by atoms with Crippen LogP contribution in [0.2, 0.25) is 0 Å². The molecule has 128 valence electrons. The molecule has 0 aromatic heterocycles. The number of halogens is 1. The number of fused-ring (bicyclic) bond motifs is 1. The summed E-state index contributed by atoms with van der Waals surface area (Å²) in [5, 5.41) is 0. The first-order chi connectivity index (χ1) is 10.7. The van der Waals surface area contributed by atoms with Crippen molar-refractivity contribution < 1.29 is 38.4 Å². The van der Waals surface area contributed by atoms with Gasteiger partial charge in [-0.05, 0) is 39.8 Å². The number of aromatic nitrogens is 1. The Morgan fingerprint density at radius 3 is 1.61 bits per heavy atom. The molecule has 0 spiro atoms. The van der Waals surface area contributed by atoms with E-state index in [4.69, 9.17) is 28.1 Å². The fourth-order valence-electron chi connectivity index (χ4n) is 2.27. The molecule has 7 nitrogen and oxygen atoms in total. The predicted octanol–water partition coefficient (Wildman–Crippen LogP) is -0.523. The molecule has 23 heavy (non-hydrogen) atoms. The Hall–Kier alpha value is -1.64. The number of nitrogens with zero attached hydrogens (tertiary/aromatic N) is 1. The van der Waals surface area contributed by atoms with Crippen LogP contribution in [0.25, 0.3) is 11.1 Å². The third-order valence-corrected chi connectivity index (χ3v) is 2.90. The Morgan fingerprint density at radius 2 is 1.30 bits per heavy atom. The highest BCUT2D eigenvalue weighted by atomic mass is 35.7. The van der Waals surface area contributed by atoms with E-state index in [0.29, 0.717) is 13.2 Å². The number of rotatable bonds is 4. The third kappa shape index (κ3) is 5.81. The average Bonchev–Trinajstić information content (AvgIpc) is 2.59. The second-order valence-corrected chi connectivity index (χ2v) is 5.34. The van der Waals surface area contributed by atoms with Gasteiger partial charge >= 0.3 is 0 Å². The van der Waals surface area contributed by atoms with Crippen molar-refractivity contribution in [3.63, 3.8) is 0 Å². The van der Waals surface area contributed by atoms with Crippen LogP contribution in [0.1, 0.15) is 25.2 Å². The van der Waals surface area contributed by atoms with Crippen LogP contribution < -0.4 is 23.5 Å². The molecule has 0 saturated heterocycles. The maximum atomic E-state index is 8.60. The Kier molecular flexibility index (Phi) is 6.99. The van der Waals surface area contributed by atoms with Gasteiger partial charge in [0.05, 0.1) is 39.2 Å². The van der Waals surface area contributed by atoms with Crippen molar-refractivity contribution >= 4 is 0 Å². The molecule has 1 aliphatic carbocycles. The third-order valence-electron chi connectivity index (χ3n) is 2.90. The van der Waals surface area contributed by atoms with E-state index < -0.39 is 10.2 Å². The van der Waals surface area contributed by atoms with Crippen molar-refractivity contribution in [1.82, 2.24) is 4.98 Å². The molecular weight excluding hydrogens is 326 g/mol. The van der Waals surface area contributed by atoms with E-state index in [2.05, 4.69) is 4.98 Å². The van der Waals surface area contributed by atoms with Gasteiger partial charge in [-0.2, -0.15) is 14.0 Å². The molecule has 0 unspecified atom stereocenters. The van der Waals surface area contributed by atoms with Crippen molar-refractivity contribution in [2.45, 2.75) is 27.7 Å². The Labute approximate surface area is 137 Å². The molecule has 0 fully saturated rings. The first kappa shape index (κ1) is 19.4. The zero-order valence-corrected chi connectivity index (χ0v) is 14.2. The molecule has 0 radical (unpaired) electrons. The lowest BCUT2D eigenvalue weighted by molar-refractivity contribution is -1.92. The molecule has 2 aliphatic rings. The van der Waals surface area contributed by atoms with Crippen LogP contribution in [-0.2, 0) is 0 Å². The Bertz CT molecular complexity index is 564. The summed E-state index contributed by atoms with van der Waals surface area (Å²) in [5.74, 6) is 1.74. The lowest BCUT2D eigenvalue weighted by Gasteiger charge is -2.09. The van der Waals surface area contributed by atoms with Crippen LogP contribution in [-0.4, -0.2) is 22.9 Å². The minimum Gasteiger partial charge on any atom is -0.493 e. The summed E-state index contributed by atoms with van der Waals surface area (Å²) in [6.07, 6.45) is 0. The molecule has 0 amide bonds. The molecule has 0 atom stereocenters. The second-order valence-electron chi connectivity index (χ2n) is 4.55. The largest absolute Gasteiger partial charge is 0.493 e. The first-order valence-corrected chi connectivity index (χ1v) is 8.24. The van der Waals surface area contributed by atoms with Crippen LogP contribution in [0.15, 0.2) is 18.2 Å². The van der Waals surface area contributed by atoms with Gasteiger partial charge in [0.2, 0.25) is 0 Å². The molecule has 1 heterocycles. The van der Waals surface area contributed by atoms with Gasteiger partial charge in [0.15, 0.2) is 0 Å². The summed E-state index contributed by atoms with van der Waals surface area (Å²) in [6.45, 7) is 9.28. The molecule has 0 saturated carbocycles. The summed E-state index contributed by atoms with van der Waals surface area (Å²) in [5.41, 5.74) is 4.09. The summed E-state index contributed by atoms with van der Waals surface area (Å²) >= 11 is 0. The fourth-order valence-corrected chi connectivity index (χ4v) is 2.27. The van der Waals surface area contributed by atoms with Crippen molar-refractivity contribution in [3.05, 3.63) is 29.6 Å². The van der Waals surface area contributed by atoms with Gasteiger partial charge in [0.25, 0.3) is 0 Å². The summed E-state index contributed by atoms with van der Waals surface area (Å²) in [4.78, 5) is 4.54. The Morgan fingerprint density at radius 1 is 0.957 bits per heavy atom. The maximum absolute atomic E-state index is 8.60. The lowest BCUT2D eigenvalue weighted by Crippen LogP contribution is -2.58. The number of hydrogen-bond donors (Lipinski definition) is 1. The monoisotopic (exact) mass is 345 g/mol. The van der Waals surface area contributed by atoms with Crippen molar-refractivity contribution in [3.8, 4) is 22.6 Å². The molecule has 2 rings (SSSR count). The van der Waals surface area contributed by atoms with E-state index in [9.17, 15) is 0 Å². The van der Waals surface area contributed by atoms with Gasteiger partial charge in [-0.3, -0.25) is 4.98 Å². The van der Waals surface area contributed by atoms with Crippen LogP contribution in [0.5, 0.6) is 11.5 Å². The van der Waals surface area contributed by atoms with Crippen LogP contribution in [0, 0.1) is 24.1 Å². The average molecular weight is 346 g/mol. The zero-order valence-electron chi connectivity index (χ0n) is 13.5. The normalized spacial score (nSPS) is 11.0. The van der Waals surface area contributed by atoms with E-state index in [1.807, 2.05) is 45.9 Å². The van der Waals surface area contributed by atoms with Gasteiger partial charge in [-0.15, -0.1) is 0 Å². The van der Waals surface area contributed by atoms with Crippen LogP contribution >= 0.6 is 0 Å². The molecule has 0 aromatic carbocycles. The lowest BCUT2D eigenvalue weighted by atomic mass is 10.1. The highest BCUT2D eigenvalue weighted by molar-refractivity contribution is 5.81. The number of hydrogen-bond acceptors (Lipinski definition) is 7. The van der Waals surface area contributed by atoms with Gasteiger partial charge in [-0.1, -0.05) is 6.07 Å². The molecule has 0 aromatic rings. The number of aryl methyl sites for hydroxylation is 2. The van der Waals surface area contributed by atoms with E-state index in [1.165, 1.54) is 0 Å². The molecule has 1 N–H and O–H groups in total. The zero-order chi connectivity index (χ0) is 17.6. The summed E-state index contributed by atoms with van der Waals surface area (Å²) < 4.78 is 44.1. The Balaban J connectivity index is 0.000000463.